The third kappa shape index (κ3) is 5.43. The number of anilines is 1. The number of benzene rings is 2. The van der Waals surface area contributed by atoms with E-state index in [1.807, 2.05) is 60.7 Å². The Morgan fingerprint density at radius 2 is 1.85 bits per heavy atom. The first-order valence-electron chi connectivity index (χ1n) is 10.5. The first kappa shape index (κ1) is 22.6. The molecule has 4 aromatic rings. The van der Waals surface area contributed by atoms with E-state index in [9.17, 15) is 4.79 Å². The Balaban J connectivity index is 1.44. The molecule has 0 atom stereocenters. The molecule has 2 aromatic carbocycles. The van der Waals surface area contributed by atoms with E-state index < -0.39 is 0 Å². The fourth-order valence-electron chi connectivity index (χ4n) is 3.10. The lowest BCUT2D eigenvalue weighted by Gasteiger charge is -2.14. The molecule has 8 nitrogen and oxygen atoms in total. The summed E-state index contributed by atoms with van der Waals surface area (Å²) in [5, 5.41) is 15.3. The molecule has 2 aromatic heterocycles. The van der Waals surface area contributed by atoms with Crippen LogP contribution in [0.5, 0.6) is 5.75 Å². The van der Waals surface area contributed by atoms with Crippen LogP contribution >= 0.6 is 11.8 Å². The normalized spacial score (nSPS) is 11.4. The Morgan fingerprint density at radius 1 is 1.12 bits per heavy atom. The zero-order chi connectivity index (χ0) is 23.4. The summed E-state index contributed by atoms with van der Waals surface area (Å²) in [6, 6.07) is 19.2. The van der Waals surface area contributed by atoms with Gasteiger partial charge in [-0.05, 0) is 36.4 Å². The van der Waals surface area contributed by atoms with Gasteiger partial charge in [-0.3, -0.25) is 9.89 Å². The molecule has 170 valence electrons. The summed E-state index contributed by atoms with van der Waals surface area (Å²) >= 11 is 1.27. The minimum Gasteiger partial charge on any atom is -0.497 e. The monoisotopic (exact) mass is 462 g/mol. The van der Waals surface area contributed by atoms with Crippen molar-refractivity contribution in [2.45, 2.75) is 31.3 Å². The molecule has 0 spiro atoms. The quantitative estimate of drug-likeness (QED) is 0.387. The lowest BCUT2D eigenvalue weighted by atomic mass is 9.92. The molecule has 4 rings (SSSR count). The molecule has 0 aliphatic carbocycles. The molecule has 2 heterocycles. The average Bonchev–Trinajstić information content (AvgIpc) is 3.46. The van der Waals surface area contributed by atoms with Crippen LogP contribution < -0.4 is 10.1 Å². The van der Waals surface area contributed by atoms with Crippen molar-refractivity contribution in [2.24, 2.45) is 0 Å². The molecular weight excluding hydrogens is 436 g/mol. The van der Waals surface area contributed by atoms with Crippen LogP contribution in [0, 0.1) is 0 Å². The number of H-pyrrole nitrogens is 1. The first-order chi connectivity index (χ1) is 15.8. The zero-order valence-corrected chi connectivity index (χ0v) is 19.8. The number of carbonyl (C=O) groups is 1. The number of aromatic nitrogens is 5. The smallest absolute Gasteiger partial charge is 0.236 e. The summed E-state index contributed by atoms with van der Waals surface area (Å²) in [5.41, 5.74) is 2.52. The minimum atomic E-state index is -0.159. The van der Waals surface area contributed by atoms with E-state index in [0.29, 0.717) is 16.8 Å². The van der Waals surface area contributed by atoms with Crippen LogP contribution in [0.4, 0.5) is 5.82 Å². The zero-order valence-electron chi connectivity index (χ0n) is 19.0. The Kier molecular flexibility index (Phi) is 6.50. The van der Waals surface area contributed by atoms with Crippen LogP contribution in [-0.4, -0.2) is 43.7 Å². The van der Waals surface area contributed by atoms with Gasteiger partial charge in [-0.25, -0.2) is 9.67 Å². The van der Waals surface area contributed by atoms with Crippen molar-refractivity contribution in [1.29, 1.82) is 0 Å². The number of amides is 1. The number of rotatable bonds is 7. The third-order valence-corrected chi connectivity index (χ3v) is 5.75. The summed E-state index contributed by atoms with van der Waals surface area (Å²) in [7, 11) is 1.62. The molecule has 0 radical (unpaired) electrons. The number of aromatic amines is 1. The number of methoxy groups -OCH3 is 1. The van der Waals surface area contributed by atoms with Crippen LogP contribution in [0.3, 0.4) is 0 Å². The van der Waals surface area contributed by atoms with Gasteiger partial charge in [0.25, 0.3) is 0 Å². The number of para-hydroxylation sites is 1. The van der Waals surface area contributed by atoms with Gasteiger partial charge in [-0.2, -0.15) is 5.10 Å². The standard InChI is InChI=1S/C24H26N6O2S/c1-24(2,3)19-14-20(30(29-19)17-8-6-5-7-9-17)25-21(31)15-33-23-26-22(27-28-23)16-10-12-18(32-4)13-11-16/h5-14H,15H2,1-4H3,(H,25,31)(H,26,27,28). The Morgan fingerprint density at radius 3 is 2.52 bits per heavy atom. The maximum Gasteiger partial charge on any atom is 0.236 e. The lowest BCUT2D eigenvalue weighted by molar-refractivity contribution is -0.113. The number of hydrogen-bond donors (Lipinski definition) is 2. The second kappa shape index (κ2) is 9.50. The fraction of sp³-hybridized carbons (Fsp3) is 0.250. The van der Waals surface area contributed by atoms with Crippen molar-refractivity contribution < 1.29 is 9.53 Å². The topological polar surface area (TPSA) is 97.7 Å². The van der Waals surface area contributed by atoms with Gasteiger partial charge in [-0.1, -0.05) is 50.7 Å². The Hall–Kier alpha value is -3.59. The van der Waals surface area contributed by atoms with Crippen molar-refractivity contribution in [1.82, 2.24) is 25.0 Å². The third-order valence-electron chi connectivity index (χ3n) is 4.91. The number of hydrogen-bond acceptors (Lipinski definition) is 6. The molecular formula is C24H26N6O2S. The number of ether oxygens (including phenoxy) is 1. The number of nitrogens with zero attached hydrogens (tertiary/aromatic N) is 4. The lowest BCUT2D eigenvalue weighted by Crippen LogP contribution is -2.17. The molecule has 0 unspecified atom stereocenters. The summed E-state index contributed by atoms with van der Waals surface area (Å²) in [4.78, 5) is 17.2. The Bertz CT molecular complexity index is 1230. The van der Waals surface area contributed by atoms with Crippen molar-refractivity contribution in [2.75, 3.05) is 18.2 Å². The van der Waals surface area contributed by atoms with E-state index in [1.54, 1.807) is 11.8 Å². The predicted molar refractivity (Wildman–Crippen MR) is 130 cm³/mol. The number of carbonyl (C=O) groups excluding carboxylic acids is 1. The number of thioether (sulfide) groups is 1. The summed E-state index contributed by atoms with van der Waals surface area (Å²) in [5.74, 6) is 2.05. The highest BCUT2D eigenvalue weighted by Gasteiger charge is 2.21. The first-order valence-corrected chi connectivity index (χ1v) is 11.5. The van der Waals surface area contributed by atoms with E-state index in [2.05, 4.69) is 41.3 Å². The van der Waals surface area contributed by atoms with Crippen LogP contribution in [-0.2, 0) is 10.2 Å². The second-order valence-electron chi connectivity index (χ2n) is 8.44. The summed E-state index contributed by atoms with van der Waals surface area (Å²) in [6.07, 6.45) is 0. The van der Waals surface area contributed by atoms with Crippen molar-refractivity contribution in [3.8, 4) is 22.8 Å². The van der Waals surface area contributed by atoms with Crippen molar-refractivity contribution >= 4 is 23.5 Å². The van der Waals surface area contributed by atoms with Crippen molar-refractivity contribution in [3.63, 3.8) is 0 Å². The van der Waals surface area contributed by atoms with Crippen LogP contribution in [0.25, 0.3) is 17.1 Å². The molecule has 0 aliphatic heterocycles. The highest BCUT2D eigenvalue weighted by atomic mass is 32.2. The summed E-state index contributed by atoms with van der Waals surface area (Å²) < 4.78 is 6.94. The van der Waals surface area contributed by atoms with Crippen LogP contribution in [0.2, 0.25) is 0 Å². The van der Waals surface area contributed by atoms with E-state index in [0.717, 1.165) is 22.7 Å². The molecule has 9 heteroatoms. The molecule has 0 fully saturated rings. The largest absolute Gasteiger partial charge is 0.497 e. The van der Waals surface area contributed by atoms with Gasteiger partial charge in [0.05, 0.1) is 24.2 Å². The van der Waals surface area contributed by atoms with E-state index >= 15 is 0 Å². The molecule has 33 heavy (non-hydrogen) atoms. The fourth-order valence-corrected chi connectivity index (χ4v) is 3.70. The SMILES string of the molecule is COc1ccc(-c2nc(SCC(=O)Nc3cc(C(C)(C)C)nn3-c3ccccc3)n[nH]2)cc1. The average molecular weight is 463 g/mol. The van der Waals surface area contributed by atoms with Crippen LogP contribution in [0.15, 0.2) is 65.8 Å². The molecule has 0 bridgehead atoms. The maximum absolute atomic E-state index is 12.7. The van der Waals surface area contributed by atoms with Gasteiger partial charge in [0.2, 0.25) is 11.1 Å². The maximum atomic E-state index is 12.7. The number of nitrogens with one attached hydrogen (secondary N) is 2. The van der Waals surface area contributed by atoms with E-state index in [-0.39, 0.29) is 17.1 Å². The van der Waals surface area contributed by atoms with E-state index in [1.165, 1.54) is 11.8 Å². The highest BCUT2D eigenvalue weighted by molar-refractivity contribution is 7.99. The van der Waals surface area contributed by atoms with Crippen LogP contribution in [0.1, 0.15) is 26.5 Å². The molecule has 0 aliphatic rings. The van der Waals surface area contributed by atoms with Gasteiger partial charge in [0.1, 0.15) is 11.6 Å². The summed E-state index contributed by atoms with van der Waals surface area (Å²) in [6.45, 7) is 6.28. The molecule has 0 saturated carbocycles. The van der Waals surface area contributed by atoms with Gasteiger partial charge in [-0.15, -0.1) is 5.10 Å². The second-order valence-corrected chi connectivity index (χ2v) is 9.39. The molecule has 2 N–H and O–H groups in total. The van der Waals surface area contributed by atoms with Crippen molar-refractivity contribution in [3.05, 3.63) is 66.4 Å². The highest BCUT2D eigenvalue weighted by Crippen LogP contribution is 2.27. The van der Waals surface area contributed by atoms with E-state index in [4.69, 9.17) is 9.84 Å². The van der Waals surface area contributed by atoms with Gasteiger partial charge in [0, 0.05) is 17.0 Å². The molecule has 0 saturated heterocycles. The molecule has 1 amide bonds. The van der Waals surface area contributed by atoms with Gasteiger partial charge < -0.3 is 10.1 Å². The minimum absolute atomic E-state index is 0.148. The Labute approximate surface area is 196 Å². The van der Waals surface area contributed by atoms with Gasteiger partial charge >= 0.3 is 0 Å². The van der Waals surface area contributed by atoms with Gasteiger partial charge in [0.15, 0.2) is 5.82 Å². The predicted octanol–water partition coefficient (Wildman–Crippen LogP) is 4.69.